The molecule has 0 unspecified atom stereocenters. The van der Waals surface area contributed by atoms with Gasteiger partial charge in [0.15, 0.2) is 0 Å². The molecule has 0 fully saturated rings. The summed E-state index contributed by atoms with van der Waals surface area (Å²) < 4.78 is 0. The van der Waals surface area contributed by atoms with Crippen molar-refractivity contribution in [3.63, 3.8) is 0 Å². The summed E-state index contributed by atoms with van der Waals surface area (Å²) in [7, 11) is 0. The Hall–Kier alpha value is 0.720. The van der Waals surface area contributed by atoms with E-state index in [1.54, 1.807) is 0 Å². The Morgan fingerprint density at radius 1 is 0.435 bits per heavy atom. The molecule has 0 rings (SSSR count). The molecular formula is C21H46ClP. The summed E-state index contributed by atoms with van der Waals surface area (Å²) in [6.07, 6.45) is 23.4. The first kappa shape index (κ1) is 23.7. The minimum atomic E-state index is -1.89. The average Bonchev–Trinajstić information content (AvgIpc) is 2.50. The fourth-order valence-corrected chi connectivity index (χ4v) is 11.9. The standard InChI is InChI=1S/C21H46ClP/c1-5-9-10-11-12-13-14-15-16-17-21-23(22,18-6-2,19-7-3)20-8-4/h5-21H2,1-4H3. The number of halogens is 1. The van der Waals surface area contributed by atoms with Gasteiger partial charge in [-0.25, -0.2) is 0 Å². The molecule has 0 aromatic heterocycles. The summed E-state index contributed by atoms with van der Waals surface area (Å²) in [6, 6.07) is 0. The fraction of sp³-hybridized carbons (Fsp3) is 1.00. The Bertz CT molecular complexity index is 245. The molecule has 0 saturated heterocycles. The fourth-order valence-electron chi connectivity index (χ4n) is 4.34. The van der Waals surface area contributed by atoms with Gasteiger partial charge in [0.05, 0.1) is 0 Å². The van der Waals surface area contributed by atoms with Crippen molar-refractivity contribution in [1.82, 2.24) is 0 Å². The minimum absolute atomic E-state index is 1.28. The predicted octanol–water partition coefficient (Wildman–Crippen LogP) is 8.84. The van der Waals surface area contributed by atoms with Gasteiger partial charge in [0.25, 0.3) is 0 Å². The number of rotatable bonds is 17. The zero-order chi connectivity index (χ0) is 17.5. The first-order valence-corrected chi connectivity index (χ1v) is 14.6. The molecule has 0 aliphatic rings. The number of hydrogen-bond donors (Lipinski definition) is 0. The molecule has 0 aliphatic carbocycles. The van der Waals surface area contributed by atoms with E-state index in [1.165, 1.54) is 108 Å². The van der Waals surface area contributed by atoms with Gasteiger partial charge in [-0.1, -0.05) is 0 Å². The SMILES string of the molecule is CCCCCCCCCCCCP(Cl)(CCC)(CCC)CCC. The zero-order valence-corrected chi connectivity index (χ0v) is 18.5. The summed E-state index contributed by atoms with van der Waals surface area (Å²) in [5, 5.41) is 0. The summed E-state index contributed by atoms with van der Waals surface area (Å²) >= 11 is 7.44. The molecule has 0 N–H and O–H groups in total. The van der Waals surface area contributed by atoms with Crippen LogP contribution in [-0.4, -0.2) is 24.6 Å². The van der Waals surface area contributed by atoms with Crippen LogP contribution in [0.25, 0.3) is 0 Å². The first-order valence-electron chi connectivity index (χ1n) is 10.8. The van der Waals surface area contributed by atoms with E-state index in [2.05, 4.69) is 27.7 Å². The number of hydrogen-bond acceptors (Lipinski definition) is 0. The van der Waals surface area contributed by atoms with Crippen LogP contribution < -0.4 is 0 Å². The molecule has 0 heterocycles. The third-order valence-corrected chi connectivity index (χ3v) is 13.6. The van der Waals surface area contributed by atoms with Crippen LogP contribution in [0.1, 0.15) is 111 Å². The molecule has 0 aliphatic heterocycles. The third-order valence-electron chi connectivity index (χ3n) is 5.42. The Morgan fingerprint density at radius 3 is 1.13 bits per heavy atom. The van der Waals surface area contributed by atoms with E-state index in [-0.39, 0.29) is 0 Å². The van der Waals surface area contributed by atoms with Gasteiger partial charge in [-0.3, -0.25) is 0 Å². The van der Waals surface area contributed by atoms with Gasteiger partial charge in [-0.05, 0) is 0 Å². The van der Waals surface area contributed by atoms with Crippen molar-refractivity contribution >= 4 is 17.2 Å². The van der Waals surface area contributed by atoms with Crippen molar-refractivity contribution in [2.75, 3.05) is 24.6 Å². The van der Waals surface area contributed by atoms with Crippen molar-refractivity contribution in [2.45, 2.75) is 111 Å². The molecule has 0 aromatic rings. The molecule has 0 radical (unpaired) electrons. The predicted molar refractivity (Wildman–Crippen MR) is 115 cm³/mol. The quantitative estimate of drug-likeness (QED) is 0.178. The van der Waals surface area contributed by atoms with E-state index in [4.69, 9.17) is 11.2 Å². The van der Waals surface area contributed by atoms with E-state index in [9.17, 15) is 0 Å². The Morgan fingerprint density at radius 2 is 0.783 bits per heavy atom. The van der Waals surface area contributed by atoms with Gasteiger partial charge in [0.2, 0.25) is 0 Å². The maximum absolute atomic E-state index is 7.44. The van der Waals surface area contributed by atoms with Crippen molar-refractivity contribution < 1.29 is 0 Å². The molecular weight excluding hydrogens is 319 g/mol. The van der Waals surface area contributed by atoms with E-state index < -0.39 is 5.96 Å². The molecule has 0 amide bonds. The van der Waals surface area contributed by atoms with Crippen LogP contribution in [0, 0.1) is 0 Å². The Kier molecular flexibility index (Phi) is 14.4. The normalized spacial score (nSPS) is 13.9. The summed E-state index contributed by atoms with van der Waals surface area (Å²) in [5.74, 6) is -1.89. The third kappa shape index (κ3) is 11.0. The van der Waals surface area contributed by atoms with Crippen molar-refractivity contribution in [2.24, 2.45) is 0 Å². The topological polar surface area (TPSA) is 0 Å². The van der Waals surface area contributed by atoms with E-state index in [0.29, 0.717) is 0 Å². The Balaban J connectivity index is 3.95. The molecule has 142 valence electrons. The van der Waals surface area contributed by atoms with Crippen LogP contribution in [0.15, 0.2) is 0 Å². The van der Waals surface area contributed by atoms with Crippen LogP contribution >= 0.6 is 17.2 Å². The Labute approximate surface area is 153 Å². The van der Waals surface area contributed by atoms with Crippen LogP contribution in [0.2, 0.25) is 0 Å². The molecule has 0 bridgehead atoms. The van der Waals surface area contributed by atoms with Gasteiger partial charge >= 0.3 is 153 Å². The van der Waals surface area contributed by atoms with Crippen molar-refractivity contribution in [3.05, 3.63) is 0 Å². The van der Waals surface area contributed by atoms with Gasteiger partial charge in [-0.15, -0.1) is 0 Å². The summed E-state index contributed by atoms with van der Waals surface area (Å²) in [6.45, 7) is 9.28. The van der Waals surface area contributed by atoms with E-state index in [1.807, 2.05) is 0 Å². The summed E-state index contributed by atoms with van der Waals surface area (Å²) in [4.78, 5) is 0. The van der Waals surface area contributed by atoms with Crippen molar-refractivity contribution in [3.8, 4) is 0 Å². The average molecular weight is 365 g/mol. The second-order valence-corrected chi connectivity index (χ2v) is 16.2. The van der Waals surface area contributed by atoms with E-state index >= 15 is 0 Å². The first-order chi connectivity index (χ1) is 11.0. The van der Waals surface area contributed by atoms with Gasteiger partial charge < -0.3 is 0 Å². The molecule has 23 heavy (non-hydrogen) atoms. The molecule has 0 saturated carbocycles. The zero-order valence-electron chi connectivity index (χ0n) is 16.8. The second kappa shape index (κ2) is 13.9. The molecule has 2 heteroatoms. The monoisotopic (exact) mass is 364 g/mol. The molecule has 0 atom stereocenters. The molecule has 0 spiro atoms. The van der Waals surface area contributed by atoms with Crippen LogP contribution in [0.4, 0.5) is 0 Å². The number of unbranched alkanes of at least 4 members (excludes halogenated alkanes) is 9. The van der Waals surface area contributed by atoms with Gasteiger partial charge in [0, 0.05) is 0 Å². The molecule has 0 nitrogen and oxygen atoms in total. The second-order valence-electron chi connectivity index (χ2n) is 7.90. The van der Waals surface area contributed by atoms with Gasteiger partial charge in [0.1, 0.15) is 0 Å². The molecule has 0 aromatic carbocycles. The van der Waals surface area contributed by atoms with Crippen LogP contribution in [0.3, 0.4) is 0 Å². The van der Waals surface area contributed by atoms with E-state index in [0.717, 1.165) is 0 Å². The van der Waals surface area contributed by atoms with Gasteiger partial charge in [-0.2, -0.15) is 0 Å². The maximum atomic E-state index is 7.44. The van der Waals surface area contributed by atoms with Crippen molar-refractivity contribution in [1.29, 1.82) is 0 Å². The summed E-state index contributed by atoms with van der Waals surface area (Å²) in [5.41, 5.74) is 0. The van der Waals surface area contributed by atoms with Crippen LogP contribution in [0.5, 0.6) is 0 Å². The van der Waals surface area contributed by atoms with Crippen LogP contribution in [-0.2, 0) is 0 Å².